The molecule has 1 aliphatic carbocycles. The fourth-order valence-corrected chi connectivity index (χ4v) is 3.55. The lowest BCUT2D eigenvalue weighted by atomic mass is 9.69. The molecule has 1 aliphatic rings. The van der Waals surface area contributed by atoms with Crippen molar-refractivity contribution in [2.75, 3.05) is 0 Å². The molecular formula is C17H18BrNO2. The molecule has 0 radical (unpaired) electrons. The highest BCUT2D eigenvalue weighted by Gasteiger charge is 2.42. The maximum absolute atomic E-state index is 12.2. The van der Waals surface area contributed by atoms with Gasteiger partial charge in [0, 0.05) is 16.7 Å². The molecule has 2 aromatic rings. The van der Waals surface area contributed by atoms with Crippen LogP contribution in [0.15, 0.2) is 51.9 Å². The smallest absolute Gasteiger partial charge is 0.251 e. The van der Waals surface area contributed by atoms with Crippen LogP contribution in [0.2, 0.25) is 0 Å². The first-order valence-electron chi connectivity index (χ1n) is 7.04. The van der Waals surface area contributed by atoms with Crippen LogP contribution in [0.1, 0.15) is 31.0 Å². The Morgan fingerprint density at radius 3 is 2.76 bits per heavy atom. The van der Waals surface area contributed by atoms with Crippen LogP contribution in [0.3, 0.4) is 0 Å². The molecule has 0 fully saturated rings. The number of fused-ring (bicyclic) bond motifs is 1. The van der Waals surface area contributed by atoms with Crippen molar-refractivity contribution >= 4 is 15.9 Å². The fraction of sp³-hybridized carbons (Fsp3) is 0.353. The molecule has 0 bridgehead atoms. The minimum absolute atomic E-state index is 0.0924. The molecular weight excluding hydrogens is 330 g/mol. The summed E-state index contributed by atoms with van der Waals surface area (Å²) in [6.07, 6.45) is 1.94. The van der Waals surface area contributed by atoms with E-state index in [9.17, 15) is 9.90 Å². The predicted molar refractivity (Wildman–Crippen MR) is 86.5 cm³/mol. The first kappa shape index (κ1) is 14.5. The van der Waals surface area contributed by atoms with Gasteiger partial charge in [0.15, 0.2) is 0 Å². The van der Waals surface area contributed by atoms with Gasteiger partial charge in [-0.05, 0) is 41.2 Å². The minimum Gasteiger partial charge on any atom is -0.390 e. The first-order chi connectivity index (χ1) is 9.90. The highest BCUT2D eigenvalue weighted by atomic mass is 79.9. The van der Waals surface area contributed by atoms with Crippen LogP contribution in [-0.2, 0) is 6.42 Å². The molecule has 0 spiro atoms. The zero-order valence-electron chi connectivity index (χ0n) is 12.1. The maximum Gasteiger partial charge on any atom is 0.251 e. The normalized spacial score (nSPS) is 23.6. The lowest BCUT2D eigenvalue weighted by Crippen LogP contribution is -2.45. The van der Waals surface area contributed by atoms with Crippen LogP contribution in [0, 0.1) is 5.41 Å². The number of aliphatic hydroxyl groups excluding tert-OH is 1. The van der Waals surface area contributed by atoms with E-state index in [4.69, 9.17) is 0 Å². The summed E-state index contributed by atoms with van der Waals surface area (Å²) in [6, 6.07) is 10.8. The van der Waals surface area contributed by atoms with Gasteiger partial charge in [-0.1, -0.05) is 41.9 Å². The van der Waals surface area contributed by atoms with Gasteiger partial charge in [-0.2, -0.15) is 0 Å². The van der Waals surface area contributed by atoms with E-state index in [1.54, 1.807) is 16.8 Å². The second-order valence-corrected chi connectivity index (χ2v) is 7.26. The number of pyridine rings is 1. The van der Waals surface area contributed by atoms with Crippen molar-refractivity contribution in [3.05, 3.63) is 68.5 Å². The van der Waals surface area contributed by atoms with E-state index in [0.29, 0.717) is 0 Å². The van der Waals surface area contributed by atoms with E-state index < -0.39 is 6.10 Å². The number of benzene rings is 1. The Hall–Kier alpha value is -1.39. The van der Waals surface area contributed by atoms with Gasteiger partial charge in [-0.3, -0.25) is 4.79 Å². The average Bonchev–Trinajstić information content (AvgIpc) is 2.42. The van der Waals surface area contributed by atoms with Crippen LogP contribution < -0.4 is 5.56 Å². The first-order valence-corrected chi connectivity index (χ1v) is 7.83. The summed E-state index contributed by atoms with van der Waals surface area (Å²) in [6.45, 7) is 4.09. The van der Waals surface area contributed by atoms with Gasteiger partial charge in [-0.25, -0.2) is 0 Å². The number of halogens is 1. The molecule has 1 N–H and O–H groups in total. The quantitative estimate of drug-likeness (QED) is 0.860. The summed E-state index contributed by atoms with van der Waals surface area (Å²) in [5, 5.41) is 10.8. The lowest BCUT2D eigenvalue weighted by molar-refractivity contribution is 0.00817. The third kappa shape index (κ3) is 2.47. The van der Waals surface area contributed by atoms with Gasteiger partial charge in [-0.15, -0.1) is 0 Å². The molecule has 0 saturated carbocycles. The number of aromatic nitrogens is 1. The van der Waals surface area contributed by atoms with Crippen LogP contribution in [0.25, 0.3) is 0 Å². The monoisotopic (exact) mass is 347 g/mol. The summed E-state index contributed by atoms with van der Waals surface area (Å²) in [4.78, 5) is 12.2. The van der Waals surface area contributed by atoms with Crippen LogP contribution in [-0.4, -0.2) is 15.8 Å². The van der Waals surface area contributed by atoms with Gasteiger partial charge in [0.1, 0.15) is 0 Å². The molecule has 3 rings (SSSR count). The van der Waals surface area contributed by atoms with E-state index in [2.05, 4.69) is 22.0 Å². The SMILES string of the molecule is CC1(C)Cc2ccc(Br)cc2C(n2ccccc2=O)C1O. The molecule has 2 atom stereocenters. The number of rotatable bonds is 1. The van der Waals surface area contributed by atoms with E-state index >= 15 is 0 Å². The van der Waals surface area contributed by atoms with Gasteiger partial charge in [0.2, 0.25) is 0 Å². The standard InChI is InChI=1S/C17H18BrNO2/c1-17(2)10-11-6-7-12(18)9-13(11)15(16(17)21)19-8-4-3-5-14(19)20/h3-9,15-16,21H,10H2,1-2H3. The molecule has 3 nitrogen and oxygen atoms in total. The third-order valence-electron chi connectivity index (χ3n) is 4.32. The molecule has 21 heavy (non-hydrogen) atoms. The lowest BCUT2D eigenvalue weighted by Gasteiger charge is -2.42. The van der Waals surface area contributed by atoms with E-state index in [0.717, 1.165) is 16.5 Å². The van der Waals surface area contributed by atoms with Gasteiger partial charge in [0.25, 0.3) is 5.56 Å². The largest absolute Gasteiger partial charge is 0.390 e. The Labute approximate surface area is 132 Å². The van der Waals surface area contributed by atoms with E-state index in [1.807, 2.05) is 32.0 Å². The van der Waals surface area contributed by atoms with Gasteiger partial charge < -0.3 is 9.67 Å². The minimum atomic E-state index is -0.612. The van der Waals surface area contributed by atoms with Crippen LogP contribution >= 0.6 is 15.9 Å². The average molecular weight is 348 g/mol. The second kappa shape index (κ2) is 5.11. The van der Waals surface area contributed by atoms with Crippen molar-refractivity contribution < 1.29 is 5.11 Å². The molecule has 1 aromatic carbocycles. The Morgan fingerprint density at radius 1 is 1.29 bits per heavy atom. The highest BCUT2D eigenvalue weighted by Crippen LogP contribution is 2.43. The topological polar surface area (TPSA) is 42.2 Å². The van der Waals surface area contributed by atoms with Gasteiger partial charge in [0.05, 0.1) is 12.1 Å². The summed E-state index contributed by atoms with van der Waals surface area (Å²) in [5.41, 5.74) is 1.84. The molecule has 0 amide bonds. The van der Waals surface area contributed by atoms with E-state index in [1.165, 1.54) is 11.6 Å². The Morgan fingerprint density at radius 2 is 2.05 bits per heavy atom. The molecule has 0 saturated heterocycles. The van der Waals surface area contributed by atoms with Crippen molar-refractivity contribution in [3.8, 4) is 0 Å². The van der Waals surface area contributed by atoms with Crippen molar-refractivity contribution in [3.63, 3.8) is 0 Å². The Balaban J connectivity index is 2.25. The molecule has 110 valence electrons. The van der Waals surface area contributed by atoms with Crippen LogP contribution in [0.4, 0.5) is 0 Å². The van der Waals surface area contributed by atoms with Gasteiger partial charge >= 0.3 is 0 Å². The maximum atomic E-state index is 12.2. The molecule has 4 heteroatoms. The van der Waals surface area contributed by atoms with Crippen LogP contribution in [0.5, 0.6) is 0 Å². The third-order valence-corrected chi connectivity index (χ3v) is 4.82. The van der Waals surface area contributed by atoms with Crippen molar-refractivity contribution in [2.24, 2.45) is 5.41 Å². The van der Waals surface area contributed by atoms with E-state index in [-0.39, 0.29) is 17.0 Å². The fourth-order valence-electron chi connectivity index (χ4n) is 3.17. The highest BCUT2D eigenvalue weighted by molar-refractivity contribution is 9.10. The Kier molecular flexibility index (Phi) is 3.54. The predicted octanol–water partition coefficient (Wildman–Crippen LogP) is 3.14. The van der Waals surface area contributed by atoms with Crippen molar-refractivity contribution in [1.29, 1.82) is 0 Å². The van der Waals surface area contributed by atoms with Crippen molar-refractivity contribution in [2.45, 2.75) is 32.4 Å². The summed E-state index contributed by atoms with van der Waals surface area (Å²) < 4.78 is 2.60. The molecule has 0 aliphatic heterocycles. The number of nitrogens with zero attached hydrogens (tertiary/aromatic N) is 1. The zero-order chi connectivity index (χ0) is 15.2. The summed E-state index contributed by atoms with van der Waals surface area (Å²) in [5.74, 6) is 0. The number of hydrogen-bond donors (Lipinski definition) is 1. The number of aliphatic hydroxyl groups is 1. The summed E-state index contributed by atoms with van der Waals surface area (Å²) in [7, 11) is 0. The number of hydrogen-bond acceptors (Lipinski definition) is 2. The Bertz CT molecular complexity index is 736. The molecule has 2 unspecified atom stereocenters. The summed E-state index contributed by atoms with van der Waals surface area (Å²) >= 11 is 3.49. The van der Waals surface area contributed by atoms with Crippen molar-refractivity contribution in [1.82, 2.24) is 4.57 Å². The molecule has 1 heterocycles. The molecule has 1 aromatic heterocycles. The second-order valence-electron chi connectivity index (χ2n) is 6.34. The zero-order valence-corrected chi connectivity index (χ0v) is 13.7.